The Labute approximate surface area is 189 Å². The topological polar surface area (TPSA) is 79.3 Å². The van der Waals surface area contributed by atoms with E-state index in [2.05, 4.69) is 0 Å². The van der Waals surface area contributed by atoms with E-state index < -0.39 is 35.7 Å². The van der Waals surface area contributed by atoms with Gasteiger partial charge < -0.3 is 9.84 Å². The van der Waals surface area contributed by atoms with E-state index in [0.717, 1.165) is 4.90 Å². The molecule has 3 atom stereocenters. The molecule has 0 unspecified atom stereocenters. The predicted molar refractivity (Wildman–Crippen MR) is 118 cm³/mol. The van der Waals surface area contributed by atoms with E-state index in [0.29, 0.717) is 17.9 Å². The highest BCUT2D eigenvalue weighted by molar-refractivity contribution is 6.23. The van der Waals surface area contributed by atoms with Gasteiger partial charge in [0.15, 0.2) is 17.6 Å². The zero-order chi connectivity index (χ0) is 23.1. The Balaban J connectivity index is 1.59. The van der Waals surface area contributed by atoms with E-state index in [1.807, 2.05) is 30.3 Å². The number of para-hydroxylation sites is 1. The molecular formula is C25H21FN2O5. The van der Waals surface area contributed by atoms with Gasteiger partial charge in [0, 0.05) is 0 Å². The molecule has 2 fully saturated rings. The number of ether oxygens (including phenoxy) is 1. The summed E-state index contributed by atoms with van der Waals surface area (Å²) in [6.07, 6.45) is -1.04. The van der Waals surface area contributed by atoms with Crippen LogP contribution in [0.1, 0.15) is 18.5 Å². The van der Waals surface area contributed by atoms with E-state index in [9.17, 15) is 19.1 Å². The molecule has 0 radical (unpaired) electrons. The second-order valence-corrected chi connectivity index (χ2v) is 7.81. The van der Waals surface area contributed by atoms with Crippen molar-refractivity contribution in [2.24, 2.45) is 5.92 Å². The van der Waals surface area contributed by atoms with Crippen LogP contribution in [0.2, 0.25) is 0 Å². The highest BCUT2D eigenvalue weighted by Crippen LogP contribution is 2.48. The molecule has 0 aromatic heterocycles. The number of halogens is 1. The van der Waals surface area contributed by atoms with Crippen LogP contribution >= 0.6 is 0 Å². The van der Waals surface area contributed by atoms with Crippen molar-refractivity contribution in [1.29, 1.82) is 0 Å². The lowest BCUT2D eigenvalue weighted by atomic mass is 9.90. The maximum atomic E-state index is 13.5. The van der Waals surface area contributed by atoms with E-state index >= 15 is 0 Å². The number of hydrogen-bond donors (Lipinski definition) is 1. The average Bonchev–Trinajstić information content (AvgIpc) is 3.33. The molecule has 0 aliphatic carbocycles. The fourth-order valence-corrected chi connectivity index (χ4v) is 4.38. The minimum Gasteiger partial charge on any atom is -0.504 e. The number of nitrogens with zero attached hydrogens (tertiary/aromatic N) is 2. The zero-order valence-corrected chi connectivity index (χ0v) is 17.7. The first-order valence-electron chi connectivity index (χ1n) is 10.6. The molecular weight excluding hydrogens is 427 g/mol. The molecule has 0 bridgehead atoms. The minimum atomic E-state index is -1.04. The van der Waals surface area contributed by atoms with E-state index in [-0.39, 0.29) is 17.2 Å². The summed E-state index contributed by atoms with van der Waals surface area (Å²) in [7, 11) is 0. The normalized spacial score (nSPS) is 22.1. The number of aromatic hydroxyl groups is 1. The van der Waals surface area contributed by atoms with Crippen LogP contribution in [-0.4, -0.2) is 29.6 Å². The molecule has 0 spiro atoms. The lowest BCUT2D eigenvalue weighted by molar-refractivity contribution is -0.126. The molecule has 2 amide bonds. The van der Waals surface area contributed by atoms with Crippen molar-refractivity contribution in [2.75, 3.05) is 16.6 Å². The van der Waals surface area contributed by atoms with Gasteiger partial charge in [-0.2, -0.15) is 0 Å². The van der Waals surface area contributed by atoms with Gasteiger partial charge in [0.05, 0.1) is 24.0 Å². The minimum absolute atomic E-state index is 0.0240. The van der Waals surface area contributed by atoms with Crippen LogP contribution < -0.4 is 14.7 Å². The number of anilines is 2. The van der Waals surface area contributed by atoms with Gasteiger partial charge in [-0.3, -0.25) is 14.4 Å². The molecule has 2 aliphatic rings. The Morgan fingerprint density at radius 2 is 1.70 bits per heavy atom. The van der Waals surface area contributed by atoms with Crippen LogP contribution in [0, 0.1) is 11.7 Å². The van der Waals surface area contributed by atoms with Gasteiger partial charge in [-0.25, -0.2) is 14.4 Å². The number of carbonyl (C=O) groups excluding carboxylic acids is 2. The largest absolute Gasteiger partial charge is 0.504 e. The van der Waals surface area contributed by atoms with Crippen LogP contribution in [0.15, 0.2) is 72.8 Å². The predicted octanol–water partition coefficient (Wildman–Crippen LogP) is 3.98. The molecule has 3 aromatic carbocycles. The van der Waals surface area contributed by atoms with Crippen LogP contribution in [0.4, 0.5) is 15.8 Å². The first kappa shape index (κ1) is 21.0. The Kier molecular flexibility index (Phi) is 5.22. The summed E-state index contributed by atoms with van der Waals surface area (Å²) < 4.78 is 18.9. The number of hydrogen-bond acceptors (Lipinski definition) is 6. The first-order chi connectivity index (χ1) is 16.0. The number of carbonyl (C=O) groups is 2. The summed E-state index contributed by atoms with van der Waals surface area (Å²) >= 11 is 0. The number of hydroxylamine groups is 1. The van der Waals surface area contributed by atoms with Gasteiger partial charge in [0.25, 0.3) is 5.91 Å². The fraction of sp³-hybridized carbons (Fsp3) is 0.200. The number of benzene rings is 3. The molecule has 1 N–H and O–H groups in total. The monoisotopic (exact) mass is 448 g/mol. The Morgan fingerprint density at radius 1 is 0.970 bits per heavy atom. The summed E-state index contributed by atoms with van der Waals surface area (Å²) in [6.45, 7) is 2.15. The lowest BCUT2D eigenvalue weighted by Gasteiger charge is -2.29. The van der Waals surface area contributed by atoms with Crippen LogP contribution in [0.5, 0.6) is 11.5 Å². The van der Waals surface area contributed by atoms with Crippen molar-refractivity contribution >= 4 is 23.2 Å². The Bertz CT molecular complexity index is 1200. The summed E-state index contributed by atoms with van der Waals surface area (Å²) in [5.74, 6) is -2.01. The quantitative estimate of drug-likeness (QED) is 0.595. The highest BCUT2D eigenvalue weighted by Gasteiger charge is 2.60. The number of fused-ring (bicyclic) bond motifs is 1. The van der Waals surface area contributed by atoms with Crippen molar-refractivity contribution < 1.29 is 28.7 Å². The molecule has 2 aliphatic heterocycles. The number of phenols is 1. The summed E-state index contributed by atoms with van der Waals surface area (Å²) in [5.41, 5.74) is 1.61. The number of amides is 2. The van der Waals surface area contributed by atoms with E-state index in [1.165, 1.54) is 30.3 Å². The van der Waals surface area contributed by atoms with Crippen LogP contribution in [0.3, 0.4) is 0 Å². The smallest absolute Gasteiger partial charge is 0.266 e. The van der Waals surface area contributed by atoms with E-state index in [4.69, 9.17) is 9.57 Å². The summed E-state index contributed by atoms with van der Waals surface area (Å²) in [5, 5.41) is 11.7. The zero-order valence-electron chi connectivity index (χ0n) is 17.7. The van der Waals surface area contributed by atoms with Gasteiger partial charge in [-0.15, -0.1) is 0 Å². The molecule has 3 aromatic rings. The van der Waals surface area contributed by atoms with Crippen molar-refractivity contribution in [1.82, 2.24) is 0 Å². The SMILES string of the molecule is CCOc1cc([C@H]2[C@@H]3C(=O)N(c4ccc(F)cc4)C(=O)[C@H]3ON2c2ccccc2)ccc1O. The molecule has 33 heavy (non-hydrogen) atoms. The summed E-state index contributed by atoms with van der Waals surface area (Å²) in [4.78, 5) is 33.9. The molecule has 7 nitrogen and oxygen atoms in total. The lowest BCUT2D eigenvalue weighted by Crippen LogP contribution is -2.37. The molecule has 2 heterocycles. The molecule has 8 heteroatoms. The highest BCUT2D eigenvalue weighted by atomic mass is 19.1. The average molecular weight is 448 g/mol. The van der Waals surface area contributed by atoms with Gasteiger partial charge in [-0.05, 0) is 61.0 Å². The van der Waals surface area contributed by atoms with Crippen molar-refractivity contribution in [3.05, 3.63) is 84.2 Å². The molecule has 2 saturated heterocycles. The van der Waals surface area contributed by atoms with Gasteiger partial charge in [0.1, 0.15) is 11.7 Å². The fourth-order valence-electron chi connectivity index (χ4n) is 4.38. The number of imide groups is 1. The van der Waals surface area contributed by atoms with E-state index in [1.54, 1.807) is 24.1 Å². The second kappa shape index (κ2) is 8.22. The van der Waals surface area contributed by atoms with Crippen molar-refractivity contribution in [2.45, 2.75) is 19.1 Å². The second-order valence-electron chi connectivity index (χ2n) is 7.81. The third-order valence-electron chi connectivity index (χ3n) is 5.84. The number of rotatable bonds is 5. The van der Waals surface area contributed by atoms with Gasteiger partial charge in [-0.1, -0.05) is 24.3 Å². The molecule has 0 saturated carbocycles. The third kappa shape index (κ3) is 3.48. The van der Waals surface area contributed by atoms with Crippen molar-refractivity contribution in [3.8, 4) is 11.5 Å². The molecule has 168 valence electrons. The van der Waals surface area contributed by atoms with Crippen molar-refractivity contribution in [3.63, 3.8) is 0 Å². The Hall–Kier alpha value is -3.91. The standard InChI is InChI=1S/C25H21FN2O5/c1-2-32-20-14-15(8-13-19(20)29)22-21-23(33-28(22)18-6-4-3-5-7-18)25(31)27(24(21)30)17-11-9-16(26)10-12-17/h3-14,21-23,29H,2H2,1H3/t21-,22-,23-/m0/s1. The maximum Gasteiger partial charge on any atom is 0.266 e. The third-order valence-corrected chi connectivity index (χ3v) is 5.84. The van der Waals surface area contributed by atoms with Gasteiger partial charge >= 0.3 is 0 Å². The summed E-state index contributed by atoms with van der Waals surface area (Å²) in [6, 6.07) is 18.5. The maximum absolute atomic E-state index is 13.5. The first-order valence-corrected chi connectivity index (χ1v) is 10.6. The molecule has 5 rings (SSSR count). The van der Waals surface area contributed by atoms with Crippen LogP contribution in [0.25, 0.3) is 0 Å². The number of phenolic OH excluding ortho intramolecular Hbond substituents is 1. The Morgan fingerprint density at radius 3 is 2.39 bits per heavy atom. The van der Waals surface area contributed by atoms with Crippen LogP contribution in [-0.2, 0) is 14.4 Å². The van der Waals surface area contributed by atoms with Gasteiger partial charge in [0.2, 0.25) is 5.91 Å².